The van der Waals surface area contributed by atoms with Crippen LogP contribution in [0.3, 0.4) is 0 Å². The van der Waals surface area contributed by atoms with Crippen molar-refractivity contribution in [3.8, 4) is 17.4 Å². The van der Waals surface area contributed by atoms with Crippen molar-refractivity contribution in [3.05, 3.63) is 116 Å². The van der Waals surface area contributed by atoms with Crippen molar-refractivity contribution in [1.29, 1.82) is 0 Å². The number of ether oxygens (including phenoxy) is 3. The fraction of sp³-hybridized carbons (Fsp3) is 0.200. The Kier molecular flexibility index (Phi) is 7.53. The maximum Gasteiger partial charge on any atom is 0.256 e. The largest absolute Gasteiger partial charge is 0.466 e. The molecule has 40 heavy (non-hydrogen) atoms. The highest BCUT2D eigenvalue weighted by Crippen LogP contribution is 2.34. The zero-order valence-electron chi connectivity index (χ0n) is 22.3. The van der Waals surface area contributed by atoms with Crippen LogP contribution in [-0.2, 0) is 0 Å². The molecule has 2 aliphatic heterocycles. The van der Waals surface area contributed by atoms with Crippen molar-refractivity contribution in [1.82, 2.24) is 9.55 Å². The van der Waals surface area contributed by atoms with Crippen molar-refractivity contribution in [2.24, 2.45) is 9.98 Å². The van der Waals surface area contributed by atoms with E-state index >= 15 is 0 Å². The van der Waals surface area contributed by atoms with E-state index in [1.807, 2.05) is 70.2 Å². The van der Waals surface area contributed by atoms with Crippen molar-refractivity contribution in [2.75, 3.05) is 0 Å². The van der Waals surface area contributed by atoms with Crippen LogP contribution in [0.5, 0.6) is 17.4 Å². The van der Waals surface area contributed by atoms with Crippen molar-refractivity contribution < 1.29 is 14.2 Å². The van der Waals surface area contributed by atoms with Gasteiger partial charge in [-0.1, -0.05) is 39.7 Å². The molecule has 2 aromatic carbocycles. The van der Waals surface area contributed by atoms with Crippen LogP contribution in [0.25, 0.3) is 0 Å². The van der Waals surface area contributed by atoms with Gasteiger partial charge in [-0.25, -0.2) is 15.0 Å². The lowest BCUT2D eigenvalue weighted by molar-refractivity contribution is 0.111. The molecule has 6 rings (SSSR count). The van der Waals surface area contributed by atoms with E-state index < -0.39 is 11.4 Å². The Morgan fingerprint density at radius 1 is 0.850 bits per heavy atom. The average molecular weight is 622 g/mol. The molecule has 2 aromatic heterocycles. The third kappa shape index (κ3) is 6.26. The Morgan fingerprint density at radius 2 is 1.55 bits per heavy atom. The van der Waals surface area contributed by atoms with Crippen LogP contribution >= 0.6 is 27.5 Å². The molecule has 2 aliphatic rings. The summed E-state index contributed by atoms with van der Waals surface area (Å²) >= 11 is 9.47. The van der Waals surface area contributed by atoms with Gasteiger partial charge in [0.15, 0.2) is 11.4 Å². The monoisotopic (exact) mass is 620 g/mol. The van der Waals surface area contributed by atoms with Crippen LogP contribution in [0.2, 0.25) is 5.02 Å². The van der Waals surface area contributed by atoms with Crippen LogP contribution in [0.1, 0.15) is 38.8 Å². The lowest BCUT2D eigenvalue weighted by Gasteiger charge is -2.30. The first-order chi connectivity index (χ1) is 19.0. The zero-order valence-corrected chi connectivity index (χ0v) is 24.6. The van der Waals surface area contributed by atoms with Crippen molar-refractivity contribution in [2.45, 2.75) is 39.1 Å². The lowest BCUT2D eigenvalue weighted by Crippen LogP contribution is -2.37. The standard InChI is InChI=1S/C15H13BrN2O2.C15H13ClN2O2/c1-15(2)17-14(18-8-4-3-5-13(18)19)11-9-10(16)6-7-12(11)20-15;1-15(2)18-14(19-13-5-3-4-8-17-13)11-9-10(16)6-7-12(11)20-15/h2*3-9H,1-2H3. The summed E-state index contributed by atoms with van der Waals surface area (Å²) < 4.78 is 19.9. The fourth-order valence-corrected chi connectivity index (χ4v) is 4.63. The highest BCUT2D eigenvalue weighted by molar-refractivity contribution is 9.10. The molecule has 0 bridgehead atoms. The van der Waals surface area contributed by atoms with Crippen molar-refractivity contribution >= 4 is 39.3 Å². The predicted molar refractivity (Wildman–Crippen MR) is 159 cm³/mol. The molecule has 204 valence electrons. The van der Waals surface area contributed by atoms with Gasteiger partial charge >= 0.3 is 0 Å². The highest BCUT2D eigenvalue weighted by Gasteiger charge is 2.30. The molecule has 10 heteroatoms. The van der Waals surface area contributed by atoms with E-state index in [4.69, 9.17) is 25.8 Å². The van der Waals surface area contributed by atoms with Gasteiger partial charge in [-0.3, -0.25) is 9.36 Å². The first-order valence-corrected chi connectivity index (χ1v) is 13.6. The molecule has 0 N–H and O–H groups in total. The van der Waals surface area contributed by atoms with E-state index in [0.717, 1.165) is 21.3 Å². The van der Waals surface area contributed by atoms with E-state index in [2.05, 4.69) is 30.9 Å². The van der Waals surface area contributed by atoms with Gasteiger partial charge < -0.3 is 14.2 Å². The molecule has 0 aliphatic carbocycles. The molecule has 0 atom stereocenters. The summed E-state index contributed by atoms with van der Waals surface area (Å²) in [6.45, 7) is 7.47. The molecule has 8 nitrogen and oxygen atoms in total. The van der Waals surface area contributed by atoms with Gasteiger partial charge in [0.2, 0.25) is 11.8 Å². The normalized spacial score (nSPS) is 15.9. The number of hydrogen-bond donors (Lipinski definition) is 0. The van der Waals surface area contributed by atoms with Gasteiger partial charge in [-0.15, -0.1) is 0 Å². The van der Waals surface area contributed by atoms with Crippen molar-refractivity contribution in [3.63, 3.8) is 0 Å². The summed E-state index contributed by atoms with van der Waals surface area (Å²) in [5.41, 5.74) is 0.0143. The average Bonchev–Trinajstić information content (AvgIpc) is 2.89. The molecule has 0 radical (unpaired) electrons. The first kappa shape index (κ1) is 27.6. The third-order valence-corrected chi connectivity index (χ3v) is 6.44. The summed E-state index contributed by atoms with van der Waals surface area (Å²) in [5, 5.41) is 0.601. The Balaban J connectivity index is 0.000000161. The molecule has 0 unspecified atom stereocenters. The van der Waals surface area contributed by atoms with Gasteiger partial charge in [0, 0.05) is 34.0 Å². The number of fused-ring (bicyclic) bond motifs is 2. The fourth-order valence-electron chi connectivity index (χ4n) is 4.10. The maximum atomic E-state index is 12.1. The van der Waals surface area contributed by atoms with Gasteiger partial charge in [0.25, 0.3) is 5.56 Å². The van der Waals surface area contributed by atoms with E-state index in [9.17, 15) is 4.79 Å². The first-order valence-electron chi connectivity index (χ1n) is 12.4. The van der Waals surface area contributed by atoms with Crippen LogP contribution in [0.15, 0.2) is 104 Å². The molecule has 0 saturated heterocycles. The topological polar surface area (TPSA) is 87.3 Å². The van der Waals surface area contributed by atoms with E-state index in [1.54, 1.807) is 36.7 Å². The van der Waals surface area contributed by atoms with Crippen LogP contribution in [-0.4, -0.2) is 32.7 Å². The second kappa shape index (κ2) is 10.9. The number of benzene rings is 2. The second-order valence-corrected chi connectivity index (χ2v) is 11.3. The summed E-state index contributed by atoms with van der Waals surface area (Å²) in [4.78, 5) is 25.2. The minimum Gasteiger partial charge on any atom is -0.466 e. The number of hydrogen-bond acceptors (Lipinski definition) is 7. The molecule has 4 heterocycles. The summed E-state index contributed by atoms with van der Waals surface area (Å²) in [7, 11) is 0. The zero-order chi connectivity index (χ0) is 28.5. The number of rotatable bonds is 1. The number of aliphatic imine (C=N–C) groups is 2. The van der Waals surface area contributed by atoms with Gasteiger partial charge in [0.1, 0.15) is 17.3 Å². The molecule has 0 saturated carbocycles. The summed E-state index contributed by atoms with van der Waals surface area (Å²) in [6.07, 6.45) is 3.38. The third-order valence-electron chi connectivity index (χ3n) is 5.71. The lowest BCUT2D eigenvalue weighted by atomic mass is 10.1. The van der Waals surface area contributed by atoms with Crippen LogP contribution < -0.4 is 19.8 Å². The molecule has 4 aromatic rings. The Bertz CT molecular complexity index is 1680. The van der Waals surface area contributed by atoms with Crippen LogP contribution in [0.4, 0.5) is 0 Å². The Hall–Kier alpha value is -3.95. The summed E-state index contributed by atoms with van der Waals surface area (Å²) in [6, 6.07) is 21.6. The molecular formula is C30H26BrClN4O4. The number of nitrogens with zero attached hydrogens (tertiary/aromatic N) is 4. The molecular weight excluding hydrogens is 596 g/mol. The van der Waals surface area contributed by atoms with Crippen LogP contribution in [0, 0.1) is 0 Å². The highest BCUT2D eigenvalue weighted by atomic mass is 79.9. The smallest absolute Gasteiger partial charge is 0.256 e. The van der Waals surface area contributed by atoms with E-state index in [-0.39, 0.29) is 5.56 Å². The molecule has 0 amide bonds. The predicted octanol–water partition coefficient (Wildman–Crippen LogP) is 6.72. The Morgan fingerprint density at radius 3 is 2.27 bits per heavy atom. The maximum absolute atomic E-state index is 12.1. The quantitative estimate of drug-likeness (QED) is 0.235. The molecule has 0 spiro atoms. The SMILES string of the molecule is CC1(C)N=C(Oc2ccccn2)c2cc(Cl)ccc2O1.CC1(C)N=C(n2ccccc2=O)c2cc(Br)ccc2O1. The number of aromatic nitrogens is 2. The van der Waals surface area contributed by atoms with Gasteiger partial charge in [-0.2, -0.15) is 0 Å². The van der Waals surface area contributed by atoms with E-state index in [0.29, 0.717) is 28.4 Å². The minimum atomic E-state index is -0.703. The Labute approximate surface area is 245 Å². The number of halogens is 2. The number of pyridine rings is 2. The van der Waals surface area contributed by atoms with Gasteiger partial charge in [-0.05, 0) is 76.2 Å². The van der Waals surface area contributed by atoms with Gasteiger partial charge in [0.05, 0.1) is 11.1 Å². The van der Waals surface area contributed by atoms with E-state index in [1.165, 1.54) is 10.6 Å². The molecule has 0 fully saturated rings. The second-order valence-electron chi connectivity index (χ2n) is 9.91. The summed E-state index contributed by atoms with van der Waals surface area (Å²) in [5.74, 6) is 2.95. The minimum absolute atomic E-state index is 0.116.